The summed E-state index contributed by atoms with van der Waals surface area (Å²) in [5.74, 6) is 1.23. The van der Waals surface area contributed by atoms with Crippen LogP contribution in [-0.4, -0.2) is 25.5 Å². The summed E-state index contributed by atoms with van der Waals surface area (Å²) in [5.41, 5.74) is 1.21. The third kappa shape index (κ3) is 9.23. The van der Waals surface area contributed by atoms with E-state index in [1.807, 2.05) is 32.1 Å². The fourth-order valence-corrected chi connectivity index (χ4v) is 2.73. The Labute approximate surface area is 168 Å². The Bertz CT molecular complexity index is 329. The van der Waals surface area contributed by atoms with Crippen molar-refractivity contribution < 1.29 is 21.8 Å². The zero-order valence-corrected chi connectivity index (χ0v) is 17.8. The third-order valence-corrected chi connectivity index (χ3v) is 4.32. The summed E-state index contributed by atoms with van der Waals surface area (Å²) in [6.07, 6.45) is 16.3. The average Bonchev–Trinajstić information content (AvgIpc) is 3.10. The Morgan fingerprint density at radius 1 is 1.09 bits per heavy atom. The minimum absolute atomic E-state index is 0. The van der Waals surface area contributed by atoms with Gasteiger partial charge in [-0.05, 0) is 63.7 Å². The molecule has 2 saturated carbocycles. The first-order valence-electron chi connectivity index (χ1n) is 7.48. The standard InChI is InChI=1S/C14H21INO.C5H5.Fe/c1-10(11-7-6-8-12(11)15)16-13(9-17-5)14(2,3)4;1-2-4-5-3-1;/h6-8,13H,9H2,1-5H3;1-5H;/q;;+2/t13-;;/m1../s1. The van der Waals surface area contributed by atoms with Crippen LogP contribution in [0, 0.1) is 66.6 Å². The number of hydrogen-bond acceptors (Lipinski definition) is 2. The fraction of sp³-hybridized carbons (Fsp3) is 0.421. The zero-order chi connectivity index (χ0) is 16.6. The Kier molecular flexibility index (Phi) is 12.7. The zero-order valence-electron chi connectivity index (χ0n) is 14.5. The average molecular weight is 467 g/mol. The van der Waals surface area contributed by atoms with Crippen molar-refractivity contribution in [3.8, 4) is 0 Å². The fourth-order valence-electron chi connectivity index (χ4n) is 1.95. The molecule has 2 nitrogen and oxygen atoms in total. The first-order valence-corrected chi connectivity index (χ1v) is 8.55. The molecule has 10 radical (unpaired) electrons. The Morgan fingerprint density at radius 2 is 1.61 bits per heavy atom. The molecule has 0 aromatic heterocycles. The van der Waals surface area contributed by atoms with Crippen molar-refractivity contribution in [1.82, 2.24) is 0 Å². The van der Waals surface area contributed by atoms with Crippen LogP contribution in [0.2, 0.25) is 0 Å². The first kappa shape index (κ1) is 23.9. The molecule has 0 unspecified atom stereocenters. The summed E-state index contributed by atoms with van der Waals surface area (Å²) >= 11 is 2.35. The van der Waals surface area contributed by atoms with Crippen LogP contribution in [0.5, 0.6) is 0 Å². The molecule has 2 aliphatic carbocycles. The van der Waals surface area contributed by atoms with E-state index in [4.69, 9.17) is 9.73 Å². The molecule has 0 bridgehead atoms. The van der Waals surface area contributed by atoms with Crippen molar-refractivity contribution in [3.05, 3.63) is 61.2 Å². The molecule has 0 aromatic carbocycles. The van der Waals surface area contributed by atoms with Gasteiger partial charge in [-0.15, -0.1) is 0 Å². The number of methoxy groups -OCH3 is 1. The number of ether oxygens (including phenoxy) is 1. The monoisotopic (exact) mass is 467 g/mol. The van der Waals surface area contributed by atoms with Gasteiger partial charge in [0.2, 0.25) is 0 Å². The molecule has 0 spiro atoms. The van der Waals surface area contributed by atoms with E-state index in [2.05, 4.69) is 69.5 Å². The van der Waals surface area contributed by atoms with E-state index < -0.39 is 0 Å². The van der Waals surface area contributed by atoms with Crippen molar-refractivity contribution in [2.45, 2.75) is 33.7 Å². The van der Waals surface area contributed by atoms with E-state index in [-0.39, 0.29) is 28.5 Å². The molecule has 0 amide bonds. The summed E-state index contributed by atoms with van der Waals surface area (Å²) < 4.78 is 6.53. The smallest absolute Gasteiger partial charge is 0.382 e. The molecule has 4 heteroatoms. The van der Waals surface area contributed by atoms with E-state index >= 15 is 0 Å². The molecular formula is C19H26FeINO+2. The molecule has 0 aromatic rings. The van der Waals surface area contributed by atoms with Crippen LogP contribution >= 0.6 is 22.6 Å². The van der Waals surface area contributed by atoms with Gasteiger partial charge in [0.1, 0.15) is 0 Å². The summed E-state index contributed by atoms with van der Waals surface area (Å²) in [4.78, 5) is 4.83. The Balaban J connectivity index is 0.000000684. The molecule has 0 aliphatic heterocycles. The van der Waals surface area contributed by atoms with Gasteiger partial charge >= 0.3 is 17.1 Å². The van der Waals surface area contributed by atoms with Gasteiger partial charge in [0.15, 0.2) is 0 Å². The molecule has 126 valence electrons. The number of aliphatic imine (C=N–C) groups is 1. The largest absolute Gasteiger partial charge is 2.00 e. The van der Waals surface area contributed by atoms with Crippen LogP contribution in [0.4, 0.5) is 0 Å². The SMILES string of the molecule is COC[C@@H](N=C(C)[C]1[CH][CH][CH][C]1I)C(C)(C)C.[CH]1[CH][CH][CH][CH]1.[Fe+2]. The van der Waals surface area contributed by atoms with E-state index in [0.29, 0.717) is 6.61 Å². The predicted molar refractivity (Wildman–Crippen MR) is 103 cm³/mol. The summed E-state index contributed by atoms with van der Waals surface area (Å²) in [6.45, 7) is 9.33. The van der Waals surface area contributed by atoms with Gasteiger partial charge in [-0.1, -0.05) is 43.4 Å². The summed E-state index contributed by atoms with van der Waals surface area (Å²) in [7, 11) is 1.73. The molecular weight excluding hydrogens is 441 g/mol. The van der Waals surface area contributed by atoms with Crippen LogP contribution in [0.15, 0.2) is 4.99 Å². The van der Waals surface area contributed by atoms with Gasteiger partial charge in [0.05, 0.1) is 16.6 Å². The molecule has 0 saturated heterocycles. The first-order chi connectivity index (χ1) is 10.4. The molecule has 0 N–H and O–H groups in total. The predicted octanol–water partition coefficient (Wildman–Crippen LogP) is 4.70. The number of halogens is 1. The topological polar surface area (TPSA) is 21.6 Å². The minimum Gasteiger partial charge on any atom is -0.382 e. The maximum absolute atomic E-state index is 5.27. The third-order valence-electron chi connectivity index (χ3n) is 3.38. The maximum atomic E-state index is 5.27. The van der Waals surface area contributed by atoms with Gasteiger partial charge < -0.3 is 4.74 Å². The molecule has 1 atom stereocenters. The van der Waals surface area contributed by atoms with Gasteiger partial charge in [0.25, 0.3) is 0 Å². The van der Waals surface area contributed by atoms with E-state index in [1.165, 1.54) is 9.84 Å². The van der Waals surface area contributed by atoms with Crippen molar-refractivity contribution in [1.29, 1.82) is 0 Å². The second-order valence-electron chi connectivity index (χ2n) is 6.30. The van der Waals surface area contributed by atoms with Gasteiger partial charge in [0, 0.05) is 18.7 Å². The quantitative estimate of drug-likeness (QED) is 0.334. The van der Waals surface area contributed by atoms with E-state index in [9.17, 15) is 0 Å². The van der Waals surface area contributed by atoms with Crippen LogP contribution in [-0.2, 0) is 21.8 Å². The second-order valence-corrected chi connectivity index (χ2v) is 7.46. The van der Waals surface area contributed by atoms with Crippen LogP contribution < -0.4 is 0 Å². The second kappa shape index (κ2) is 12.3. The van der Waals surface area contributed by atoms with Gasteiger partial charge in [-0.2, -0.15) is 0 Å². The Morgan fingerprint density at radius 3 is 1.96 bits per heavy atom. The molecule has 0 heterocycles. The van der Waals surface area contributed by atoms with Gasteiger partial charge in [-0.25, -0.2) is 0 Å². The Hall–Kier alpha value is 0.879. The molecule has 2 fully saturated rings. The van der Waals surface area contributed by atoms with E-state index in [0.717, 1.165) is 5.71 Å². The molecule has 23 heavy (non-hydrogen) atoms. The number of rotatable bonds is 4. The number of nitrogens with zero attached hydrogens (tertiary/aromatic N) is 1. The maximum Gasteiger partial charge on any atom is 2.00 e. The molecule has 2 aliphatic rings. The van der Waals surface area contributed by atoms with Crippen molar-refractivity contribution >= 4 is 28.3 Å². The van der Waals surface area contributed by atoms with Crippen molar-refractivity contribution in [3.63, 3.8) is 0 Å². The molecule has 2 rings (SSSR count). The normalized spacial score (nSPS) is 21.6. The van der Waals surface area contributed by atoms with Crippen LogP contribution in [0.25, 0.3) is 0 Å². The van der Waals surface area contributed by atoms with Crippen LogP contribution in [0.1, 0.15) is 27.7 Å². The van der Waals surface area contributed by atoms with E-state index in [1.54, 1.807) is 7.11 Å². The minimum atomic E-state index is 0. The van der Waals surface area contributed by atoms with Crippen molar-refractivity contribution in [2.75, 3.05) is 13.7 Å². The summed E-state index contributed by atoms with van der Waals surface area (Å²) in [6, 6.07) is 0.193. The number of hydrogen-bond donors (Lipinski definition) is 0. The van der Waals surface area contributed by atoms with Crippen LogP contribution in [0.3, 0.4) is 0 Å². The van der Waals surface area contributed by atoms with Crippen molar-refractivity contribution in [2.24, 2.45) is 10.4 Å². The summed E-state index contributed by atoms with van der Waals surface area (Å²) in [5, 5.41) is 0. The van der Waals surface area contributed by atoms with Gasteiger partial charge in [-0.3, -0.25) is 4.99 Å².